The number of anilines is 1. The SMILES string of the molecule is NC(=O)c1cccnc1OC1CCC(NC(=O)c2cc(N3C=C4CC3CO4)cc(C(F)(F)F)c2)CC1. The third kappa shape index (κ3) is 4.95. The first-order valence-corrected chi connectivity index (χ1v) is 11.7. The second-order valence-electron chi connectivity index (χ2n) is 9.22. The third-order valence-corrected chi connectivity index (χ3v) is 6.70. The number of primary amides is 1. The van der Waals surface area contributed by atoms with Crippen molar-refractivity contribution in [3.8, 4) is 5.88 Å². The Hall–Kier alpha value is -3.76. The molecule has 1 unspecified atom stereocenters. The number of alkyl halides is 3. The van der Waals surface area contributed by atoms with E-state index in [2.05, 4.69) is 10.3 Å². The molecule has 1 saturated heterocycles. The summed E-state index contributed by atoms with van der Waals surface area (Å²) in [5.41, 5.74) is 4.97. The van der Waals surface area contributed by atoms with Crippen LogP contribution in [0.3, 0.4) is 0 Å². The van der Waals surface area contributed by atoms with Gasteiger partial charge >= 0.3 is 6.18 Å². The lowest BCUT2D eigenvalue weighted by Crippen LogP contribution is -2.40. The molecule has 0 radical (unpaired) electrons. The summed E-state index contributed by atoms with van der Waals surface area (Å²) in [5, 5.41) is 2.87. The first kappa shape index (κ1) is 24.0. The number of nitrogens with two attached hydrogens (primary N) is 1. The van der Waals surface area contributed by atoms with Gasteiger partial charge in [0.2, 0.25) is 5.88 Å². The molecule has 2 aliphatic heterocycles. The molecule has 0 spiro atoms. The lowest BCUT2D eigenvalue weighted by Gasteiger charge is -2.30. The molecule has 11 heteroatoms. The zero-order valence-corrected chi connectivity index (χ0v) is 19.3. The van der Waals surface area contributed by atoms with Crippen LogP contribution in [0.25, 0.3) is 0 Å². The average molecular weight is 502 g/mol. The maximum atomic E-state index is 13.6. The number of pyridine rings is 1. The van der Waals surface area contributed by atoms with Gasteiger partial charge in [0.15, 0.2) is 0 Å². The van der Waals surface area contributed by atoms with E-state index in [1.54, 1.807) is 17.2 Å². The van der Waals surface area contributed by atoms with E-state index in [-0.39, 0.29) is 35.2 Å². The standard InChI is InChI=1S/C25H25F3N4O4/c26-25(27,28)15-8-14(9-17(10-15)32-12-20-11-18(32)13-35-20)23(34)31-16-3-5-19(6-4-16)36-24-21(22(29)33)2-1-7-30-24/h1-2,7-10,12,16,18-19H,3-6,11,13H2,(H2,29,33)(H,31,34). The Morgan fingerprint density at radius 3 is 2.58 bits per heavy atom. The highest BCUT2D eigenvalue weighted by Crippen LogP contribution is 2.38. The second kappa shape index (κ2) is 9.36. The fourth-order valence-corrected chi connectivity index (χ4v) is 4.85. The maximum absolute atomic E-state index is 13.6. The van der Waals surface area contributed by atoms with Crippen molar-refractivity contribution < 1.29 is 32.2 Å². The van der Waals surface area contributed by atoms with Gasteiger partial charge in [-0.05, 0) is 56.0 Å². The Morgan fingerprint density at radius 2 is 1.94 bits per heavy atom. The van der Waals surface area contributed by atoms with E-state index >= 15 is 0 Å². The largest absolute Gasteiger partial charge is 0.494 e. The van der Waals surface area contributed by atoms with Crippen molar-refractivity contribution in [2.45, 2.75) is 56.5 Å². The summed E-state index contributed by atoms with van der Waals surface area (Å²) in [7, 11) is 0. The van der Waals surface area contributed by atoms with Crippen molar-refractivity contribution in [3.05, 3.63) is 65.2 Å². The minimum absolute atomic E-state index is 0.0418. The van der Waals surface area contributed by atoms with Crippen LogP contribution in [0.4, 0.5) is 18.9 Å². The summed E-state index contributed by atoms with van der Waals surface area (Å²) < 4.78 is 52.1. The fourth-order valence-electron chi connectivity index (χ4n) is 4.85. The average Bonchev–Trinajstić information content (AvgIpc) is 3.49. The van der Waals surface area contributed by atoms with E-state index in [0.29, 0.717) is 44.4 Å². The number of amides is 2. The zero-order chi connectivity index (χ0) is 25.4. The van der Waals surface area contributed by atoms with Crippen LogP contribution in [0.5, 0.6) is 5.88 Å². The molecule has 3 heterocycles. The molecular formula is C25H25F3N4O4. The van der Waals surface area contributed by atoms with Gasteiger partial charge < -0.3 is 25.4 Å². The summed E-state index contributed by atoms with van der Waals surface area (Å²) >= 11 is 0. The highest BCUT2D eigenvalue weighted by atomic mass is 19.4. The molecule has 2 amide bonds. The zero-order valence-electron chi connectivity index (χ0n) is 19.3. The van der Waals surface area contributed by atoms with Crippen LogP contribution in [0.15, 0.2) is 48.5 Å². The predicted octanol–water partition coefficient (Wildman–Crippen LogP) is 3.77. The number of hydrogen-bond acceptors (Lipinski definition) is 6. The molecule has 5 rings (SSSR count). The van der Waals surface area contributed by atoms with Gasteiger partial charge in [0.25, 0.3) is 11.8 Å². The van der Waals surface area contributed by atoms with Crippen molar-refractivity contribution >= 4 is 17.5 Å². The third-order valence-electron chi connectivity index (χ3n) is 6.70. The summed E-state index contributed by atoms with van der Waals surface area (Å²) in [5.74, 6) is -0.285. The van der Waals surface area contributed by atoms with E-state index in [0.717, 1.165) is 17.9 Å². The van der Waals surface area contributed by atoms with E-state index in [9.17, 15) is 22.8 Å². The van der Waals surface area contributed by atoms with Gasteiger partial charge in [-0.25, -0.2) is 4.98 Å². The Labute approximate surface area is 205 Å². The molecule has 1 saturated carbocycles. The minimum Gasteiger partial charge on any atom is -0.494 e. The van der Waals surface area contributed by atoms with Crippen LogP contribution >= 0.6 is 0 Å². The normalized spacial score (nSPS) is 23.1. The summed E-state index contributed by atoms with van der Waals surface area (Å²) in [6.45, 7) is 0.411. The number of carbonyl (C=O) groups excluding carboxylic acids is 2. The predicted molar refractivity (Wildman–Crippen MR) is 123 cm³/mol. The van der Waals surface area contributed by atoms with Crippen molar-refractivity contribution in [1.82, 2.24) is 10.3 Å². The highest BCUT2D eigenvalue weighted by Gasteiger charge is 2.37. The molecule has 1 aliphatic carbocycles. The monoisotopic (exact) mass is 502 g/mol. The van der Waals surface area contributed by atoms with Crippen LogP contribution in [-0.4, -0.2) is 41.6 Å². The van der Waals surface area contributed by atoms with Gasteiger partial charge in [-0.2, -0.15) is 13.2 Å². The number of carbonyl (C=O) groups is 2. The lowest BCUT2D eigenvalue weighted by molar-refractivity contribution is -0.137. The van der Waals surface area contributed by atoms with E-state index in [4.69, 9.17) is 15.2 Å². The van der Waals surface area contributed by atoms with Crippen LogP contribution in [0.1, 0.15) is 58.4 Å². The maximum Gasteiger partial charge on any atom is 0.416 e. The van der Waals surface area contributed by atoms with Crippen molar-refractivity contribution in [2.24, 2.45) is 5.73 Å². The van der Waals surface area contributed by atoms with Gasteiger partial charge in [-0.3, -0.25) is 9.59 Å². The lowest BCUT2D eigenvalue weighted by atomic mass is 9.92. The molecule has 2 fully saturated rings. The summed E-state index contributed by atoms with van der Waals surface area (Å²) in [4.78, 5) is 30.4. The number of aromatic nitrogens is 1. The summed E-state index contributed by atoms with van der Waals surface area (Å²) in [6.07, 6.45) is 1.34. The van der Waals surface area contributed by atoms with Crippen molar-refractivity contribution in [1.29, 1.82) is 0 Å². The number of nitrogens with one attached hydrogen (secondary N) is 1. The number of halogens is 3. The second-order valence-corrected chi connectivity index (χ2v) is 9.22. The topological polar surface area (TPSA) is 107 Å². The molecule has 8 nitrogen and oxygen atoms in total. The number of benzene rings is 1. The quantitative estimate of drug-likeness (QED) is 0.623. The van der Waals surface area contributed by atoms with Crippen LogP contribution < -0.4 is 20.7 Å². The molecule has 3 N–H and O–H groups in total. The smallest absolute Gasteiger partial charge is 0.416 e. The molecule has 1 aromatic heterocycles. The molecule has 36 heavy (non-hydrogen) atoms. The van der Waals surface area contributed by atoms with E-state index in [1.165, 1.54) is 18.3 Å². The number of rotatable bonds is 6. The van der Waals surface area contributed by atoms with Crippen LogP contribution in [0, 0.1) is 0 Å². The molecule has 2 aromatic rings. The number of nitrogens with zero attached hydrogens (tertiary/aromatic N) is 2. The molecule has 190 valence electrons. The van der Waals surface area contributed by atoms with E-state index in [1.807, 2.05) is 0 Å². The number of fused-ring (bicyclic) bond motifs is 2. The molecule has 1 atom stereocenters. The highest BCUT2D eigenvalue weighted by molar-refractivity contribution is 5.96. The van der Waals surface area contributed by atoms with Crippen LogP contribution in [-0.2, 0) is 10.9 Å². The van der Waals surface area contributed by atoms with Crippen molar-refractivity contribution in [2.75, 3.05) is 11.5 Å². The van der Waals surface area contributed by atoms with Gasteiger partial charge in [-0.15, -0.1) is 0 Å². The molecule has 3 aliphatic rings. The molecular weight excluding hydrogens is 477 g/mol. The van der Waals surface area contributed by atoms with Gasteiger partial charge in [0.1, 0.15) is 24.0 Å². The molecule has 1 aromatic carbocycles. The summed E-state index contributed by atoms with van der Waals surface area (Å²) in [6, 6.07) is 6.29. The van der Waals surface area contributed by atoms with Crippen molar-refractivity contribution in [3.63, 3.8) is 0 Å². The van der Waals surface area contributed by atoms with Gasteiger partial charge in [0.05, 0.1) is 11.6 Å². The Balaban J connectivity index is 1.25. The number of hydrogen-bond donors (Lipinski definition) is 2. The first-order chi connectivity index (χ1) is 17.2. The van der Waals surface area contributed by atoms with Crippen LogP contribution in [0.2, 0.25) is 0 Å². The first-order valence-electron chi connectivity index (χ1n) is 11.7. The van der Waals surface area contributed by atoms with E-state index < -0.39 is 23.6 Å². The number of ether oxygens (including phenoxy) is 2. The molecule has 2 bridgehead atoms. The minimum atomic E-state index is -4.59. The Morgan fingerprint density at radius 1 is 1.17 bits per heavy atom. The Kier molecular flexibility index (Phi) is 6.23. The fraction of sp³-hybridized carbons (Fsp3) is 0.400. The van der Waals surface area contributed by atoms with Gasteiger partial charge in [-0.1, -0.05) is 0 Å². The Bertz CT molecular complexity index is 1210. The van der Waals surface area contributed by atoms with Gasteiger partial charge in [0, 0.05) is 36.1 Å².